The van der Waals surface area contributed by atoms with E-state index < -0.39 is 17.5 Å². The van der Waals surface area contributed by atoms with Crippen LogP contribution in [0, 0.1) is 24.4 Å². The molecule has 2 aromatic rings. The van der Waals surface area contributed by atoms with Crippen molar-refractivity contribution in [1.29, 1.82) is 0 Å². The summed E-state index contributed by atoms with van der Waals surface area (Å²) in [5.74, 6) is -2.74. The number of rotatable bonds is 4. The van der Waals surface area contributed by atoms with Crippen molar-refractivity contribution in [2.24, 2.45) is 0 Å². The van der Waals surface area contributed by atoms with Gasteiger partial charge < -0.3 is 5.32 Å². The van der Waals surface area contributed by atoms with E-state index in [1.165, 1.54) is 0 Å². The standard InChI is InChI=1S/C17H18ClF3N4/c1-3-25-5-4-13(24-15-8-14(18)22-9(2)23-15)17(25)10-6-11(19)16(21)12(20)7-10/h6-8,13,17H,3-5H2,1-2H3,(H,22,23,24). The third kappa shape index (κ3) is 3.72. The molecule has 2 atom stereocenters. The first kappa shape index (κ1) is 17.9. The molecule has 0 spiro atoms. The Balaban J connectivity index is 1.93. The molecule has 2 unspecified atom stereocenters. The molecule has 1 aromatic carbocycles. The fraction of sp³-hybridized carbons (Fsp3) is 0.412. The van der Waals surface area contributed by atoms with Gasteiger partial charge in [-0.05, 0) is 37.6 Å². The Hall–Kier alpha value is -1.86. The lowest BCUT2D eigenvalue weighted by molar-refractivity contribution is 0.263. The summed E-state index contributed by atoms with van der Waals surface area (Å²) in [5, 5.41) is 3.59. The minimum Gasteiger partial charge on any atom is -0.365 e. The first-order valence-corrected chi connectivity index (χ1v) is 8.43. The van der Waals surface area contributed by atoms with Crippen molar-refractivity contribution >= 4 is 17.4 Å². The first-order chi connectivity index (χ1) is 11.9. The fourth-order valence-electron chi connectivity index (χ4n) is 3.35. The molecule has 1 saturated heterocycles. The van der Waals surface area contributed by atoms with Crippen LogP contribution in [0.15, 0.2) is 18.2 Å². The number of likely N-dealkylation sites (N-methyl/N-ethyl adjacent to an activating group) is 1. The molecule has 1 aromatic heterocycles. The number of aryl methyl sites for hydroxylation is 1. The van der Waals surface area contributed by atoms with E-state index in [4.69, 9.17) is 11.6 Å². The SMILES string of the molecule is CCN1CCC(Nc2cc(Cl)nc(C)n2)C1c1cc(F)c(F)c(F)c1. The van der Waals surface area contributed by atoms with E-state index in [0.717, 1.165) is 25.1 Å². The second-order valence-corrected chi connectivity index (χ2v) is 6.42. The Kier molecular flexibility index (Phi) is 5.15. The van der Waals surface area contributed by atoms with Crippen LogP contribution in [-0.4, -0.2) is 34.0 Å². The normalized spacial score (nSPS) is 20.9. The number of benzene rings is 1. The largest absolute Gasteiger partial charge is 0.365 e. The molecule has 2 heterocycles. The van der Waals surface area contributed by atoms with E-state index in [1.54, 1.807) is 13.0 Å². The Bertz CT molecular complexity index is 743. The molecule has 4 nitrogen and oxygen atoms in total. The topological polar surface area (TPSA) is 41.0 Å². The molecule has 8 heteroatoms. The summed E-state index contributed by atoms with van der Waals surface area (Å²) in [5.41, 5.74) is 0.394. The van der Waals surface area contributed by atoms with Gasteiger partial charge in [0.2, 0.25) is 0 Å². The number of hydrogen-bond acceptors (Lipinski definition) is 4. The summed E-state index contributed by atoms with van der Waals surface area (Å²) in [6, 6.07) is 3.28. The summed E-state index contributed by atoms with van der Waals surface area (Å²) < 4.78 is 40.7. The average Bonchev–Trinajstić information content (AvgIpc) is 2.93. The number of nitrogens with one attached hydrogen (secondary N) is 1. The lowest BCUT2D eigenvalue weighted by atomic mass is 9.99. The van der Waals surface area contributed by atoms with Crippen molar-refractivity contribution < 1.29 is 13.2 Å². The van der Waals surface area contributed by atoms with Crippen LogP contribution in [0.3, 0.4) is 0 Å². The van der Waals surface area contributed by atoms with Gasteiger partial charge in [-0.25, -0.2) is 23.1 Å². The summed E-state index contributed by atoms with van der Waals surface area (Å²) in [4.78, 5) is 10.4. The van der Waals surface area contributed by atoms with Crippen molar-refractivity contribution in [3.63, 3.8) is 0 Å². The molecule has 0 amide bonds. The van der Waals surface area contributed by atoms with E-state index in [9.17, 15) is 13.2 Å². The molecule has 134 valence electrons. The summed E-state index contributed by atoms with van der Waals surface area (Å²) in [6.45, 7) is 5.15. The van der Waals surface area contributed by atoms with E-state index >= 15 is 0 Å². The van der Waals surface area contributed by atoms with Gasteiger partial charge in [-0.15, -0.1) is 0 Å². The highest BCUT2D eigenvalue weighted by Gasteiger charge is 2.35. The van der Waals surface area contributed by atoms with Gasteiger partial charge in [0.15, 0.2) is 17.5 Å². The fourth-order valence-corrected chi connectivity index (χ4v) is 3.57. The average molecular weight is 371 g/mol. The molecule has 25 heavy (non-hydrogen) atoms. The minimum absolute atomic E-state index is 0.144. The predicted molar refractivity (Wildman–Crippen MR) is 90.1 cm³/mol. The zero-order valence-corrected chi connectivity index (χ0v) is 14.6. The van der Waals surface area contributed by atoms with Crippen LogP contribution in [0.25, 0.3) is 0 Å². The van der Waals surface area contributed by atoms with Gasteiger partial charge in [-0.1, -0.05) is 18.5 Å². The number of likely N-dealkylation sites (tertiary alicyclic amines) is 1. The highest BCUT2D eigenvalue weighted by molar-refractivity contribution is 6.29. The van der Waals surface area contributed by atoms with Gasteiger partial charge >= 0.3 is 0 Å². The van der Waals surface area contributed by atoms with Crippen molar-refractivity contribution in [2.75, 3.05) is 18.4 Å². The third-order valence-corrected chi connectivity index (χ3v) is 4.59. The van der Waals surface area contributed by atoms with Gasteiger partial charge in [0.25, 0.3) is 0 Å². The van der Waals surface area contributed by atoms with Gasteiger partial charge in [0.05, 0.1) is 6.04 Å². The zero-order valence-electron chi connectivity index (χ0n) is 13.9. The Morgan fingerprint density at radius 3 is 2.48 bits per heavy atom. The molecule has 0 radical (unpaired) electrons. The number of anilines is 1. The number of aromatic nitrogens is 2. The maximum absolute atomic E-state index is 13.7. The van der Waals surface area contributed by atoms with Crippen LogP contribution in [0.4, 0.5) is 19.0 Å². The predicted octanol–water partition coefficient (Wildman–Crippen LogP) is 4.10. The molecule has 1 N–H and O–H groups in total. The summed E-state index contributed by atoms with van der Waals surface area (Å²) in [7, 11) is 0. The third-order valence-electron chi connectivity index (χ3n) is 4.40. The highest BCUT2D eigenvalue weighted by atomic mass is 35.5. The van der Waals surface area contributed by atoms with Crippen molar-refractivity contribution in [3.8, 4) is 0 Å². The number of halogens is 4. The van der Waals surface area contributed by atoms with Crippen LogP contribution in [0.5, 0.6) is 0 Å². The lowest BCUT2D eigenvalue weighted by Crippen LogP contribution is -2.31. The molecular weight excluding hydrogens is 353 g/mol. The molecule has 1 aliphatic rings. The van der Waals surface area contributed by atoms with Crippen LogP contribution in [0.1, 0.15) is 30.8 Å². The molecule has 1 fully saturated rings. The van der Waals surface area contributed by atoms with Gasteiger partial charge in [0.1, 0.15) is 16.8 Å². The molecule has 0 bridgehead atoms. The Labute approximate surface area is 149 Å². The van der Waals surface area contributed by atoms with Crippen molar-refractivity contribution in [2.45, 2.75) is 32.4 Å². The molecular formula is C17H18ClF3N4. The van der Waals surface area contributed by atoms with Crippen LogP contribution >= 0.6 is 11.6 Å². The number of hydrogen-bond donors (Lipinski definition) is 1. The van der Waals surface area contributed by atoms with E-state index in [0.29, 0.717) is 28.9 Å². The second-order valence-electron chi connectivity index (χ2n) is 6.03. The van der Waals surface area contributed by atoms with Gasteiger partial charge in [0, 0.05) is 18.7 Å². The molecule has 0 saturated carbocycles. The van der Waals surface area contributed by atoms with Crippen molar-refractivity contribution in [1.82, 2.24) is 14.9 Å². The Morgan fingerprint density at radius 2 is 1.88 bits per heavy atom. The zero-order chi connectivity index (χ0) is 18.1. The van der Waals surface area contributed by atoms with Crippen LogP contribution in [0.2, 0.25) is 5.15 Å². The maximum atomic E-state index is 13.7. The quantitative estimate of drug-likeness (QED) is 0.649. The summed E-state index contributed by atoms with van der Waals surface area (Å²) in [6.07, 6.45) is 0.750. The van der Waals surface area contributed by atoms with Gasteiger partial charge in [-0.2, -0.15) is 0 Å². The monoisotopic (exact) mass is 370 g/mol. The second kappa shape index (κ2) is 7.17. The summed E-state index contributed by atoms with van der Waals surface area (Å²) >= 11 is 5.96. The molecule has 3 rings (SSSR count). The first-order valence-electron chi connectivity index (χ1n) is 8.05. The van der Waals surface area contributed by atoms with E-state index in [-0.39, 0.29) is 12.1 Å². The number of nitrogens with zero attached hydrogens (tertiary/aromatic N) is 3. The van der Waals surface area contributed by atoms with Crippen molar-refractivity contribution in [3.05, 3.63) is 52.2 Å². The van der Waals surface area contributed by atoms with Crippen LogP contribution < -0.4 is 5.32 Å². The highest BCUT2D eigenvalue weighted by Crippen LogP contribution is 2.35. The van der Waals surface area contributed by atoms with E-state index in [1.807, 2.05) is 6.92 Å². The molecule has 0 aliphatic carbocycles. The van der Waals surface area contributed by atoms with E-state index in [2.05, 4.69) is 20.2 Å². The Morgan fingerprint density at radius 1 is 1.20 bits per heavy atom. The van der Waals surface area contributed by atoms with Gasteiger partial charge in [-0.3, -0.25) is 4.90 Å². The smallest absolute Gasteiger partial charge is 0.194 e. The minimum atomic E-state index is -1.45. The maximum Gasteiger partial charge on any atom is 0.194 e. The van der Waals surface area contributed by atoms with Crippen LogP contribution in [-0.2, 0) is 0 Å². The molecule has 1 aliphatic heterocycles. The lowest BCUT2D eigenvalue weighted by Gasteiger charge is -2.28.